The van der Waals surface area contributed by atoms with Crippen molar-refractivity contribution in [2.45, 2.75) is 13.0 Å². The van der Waals surface area contributed by atoms with Crippen LogP contribution in [0.1, 0.15) is 11.1 Å². The van der Waals surface area contributed by atoms with Crippen molar-refractivity contribution in [3.05, 3.63) is 94.7 Å². The van der Waals surface area contributed by atoms with Crippen LogP contribution in [-0.4, -0.2) is 21.6 Å². The van der Waals surface area contributed by atoms with Gasteiger partial charge in [-0.1, -0.05) is 36.4 Å². The fraction of sp³-hybridized carbons (Fsp3) is 0.115. The molecule has 0 bridgehead atoms. The number of aromatic amines is 1. The molecule has 0 aliphatic heterocycles. The maximum atomic E-state index is 10.0. The number of anilines is 3. The van der Waals surface area contributed by atoms with Crippen LogP contribution in [0.4, 0.5) is 17.1 Å². The first-order chi connectivity index (χ1) is 15.7. The van der Waals surface area contributed by atoms with Crippen LogP contribution in [0.5, 0.6) is 0 Å². The molecule has 0 spiro atoms. The monoisotopic (exact) mass is 486 g/mol. The summed E-state index contributed by atoms with van der Waals surface area (Å²) in [6, 6.07) is 22.3. The van der Waals surface area contributed by atoms with Crippen molar-refractivity contribution in [2.24, 2.45) is 0 Å². The lowest BCUT2D eigenvalue weighted by Crippen LogP contribution is -2.07. The van der Waals surface area contributed by atoms with E-state index in [2.05, 4.69) is 60.9 Å². The van der Waals surface area contributed by atoms with E-state index in [1.807, 2.05) is 48.5 Å². The second-order valence-electron chi connectivity index (χ2n) is 7.68. The van der Waals surface area contributed by atoms with E-state index in [4.69, 9.17) is 0 Å². The minimum Gasteiger partial charge on any atom is -0.392 e. The summed E-state index contributed by atoms with van der Waals surface area (Å²) in [6.07, 6.45) is 4.76. The van der Waals surface area contributed by atoms with Crippen molar-refractivity contribution in [1.82, 2.24) is 9.97 Å². The van der Waals surface area contributed by atoms with Crippen LogP contribution in [0, 0.1) is 0 Å². The van der Waals surface area contributed by atoms with Gasteiger partial charge in [0.1, 0.15) is 0 Å². The smallest absolute Gasteiger partial charge is 0.0722 e. The van der Waals surface area contributed by atoms with Gasteiger partial charge in [-0.2, -0.15) is 0 Å². The first kappa shape index (κ1) is 20.5. The molecular formula is C26H23BrN4O. The van der Waals surface area contributed by atoms with Crippen LogP contribution < -0.4 is 10.6 Å². The number of hydrogen-bond donors (Lipinski definition) is 4. The van der Waals surface area contributed by atoms with Crippen molar-refractivity contribution < 1.29 is 5.11 Å². The van der Waals surface area contributed by atoms with E-state index in [1.165, 1.54) is 10.9 Å². The SMILES string of the molecule is OCc1cc(NCCc2c[nH]c3ccccc23)c(Br)cc1Nc1ccnc2ccccc12. The molecule has 0 saturated heterocycles. The standard InChI is InChI=1S/C26H23BrN4O/c27-21-14-25(31-24-10-12-28-23-8-4-2-6-20(23)24)18(16-32)13-26(21)29-11-9-17-15-30-22-7-3-1-5-19(17)22/h1-8,10,12-15,29-30,32H,9,11,16H2,(H,28,31). The number of pyridine rings is 1. The van der Waals surface area contributed by atoms with E-state index in [9.17, 15) is 5.11 Å². The molecule has 6 heteroatoms. The van der Waals surface area contributed by atoms with E-state index in [0.29, 0.717) is 0 Å². The molecule has 3 aromatic carbocycles. The van der Waals surface area contributed by atoms with Crippen LogP contribution in [-0.2, 0) is 13.0 Å². The van der Waals surface area contributed by atoms with E-state index >= 15 is 0 Å². The summed E-state index contributed by atoms with van der Waals surface area (Å²) in [5.74, 6) is 0. The van der Waals surface area contributed by atoms with Crippen molar-refractivity contribution >= 4 is 54.8 Å². The molecular weight excluding hydrogens is 464 g/mol. The minimum atomic E-state index is -0.0598. The van der Waals surface area contributed by atoms with E-state index in [0.717, 1.165) is 56.5 Å². The Morgan fingerprint density at radius 3 is 2.56 bits per heavy atom. The van der Waals surface area contributed by atoms with Gasteiger partial charge in [-0.05, 0) is 58.2 Å². The summed E-state index contributed by atoms with van der Waals surface area (Å²) in [5, 5.41) is 19.3. The van der Waals surface area contributed by atoms with Crippen LogP contribution >= 0.6 is 15.9 Å². The Morgan fingerprint density at radius 2 is 1.69 bits per heavy atom. The van der Waals surface area contributed by atoms with Crippen molar-refractivity contribution in [1.29, 1.82) is 0 Å². The third-order valence-electron chi connectivity index (χ3n) is 5.67. The third-order valence-corrected chi connectivity index (χ3v) is 6.32. The molecule has 5 rings (SSSR count). The Kier molecular flexibility index (Phi) is 5.79. The normalized spacial score (nSPS) is 11.2. The van der Waals surface area contributed by atoms with Gasteiger partial charge in [0.25, 0.3) is 0 Å². The van der Waals surface area contributed by atoms with Gasteiger partial charge < -0.3 is 20.7 Å². The topological polar surface area (TPSA) is 73.0 Å². The molecule has 5 aromatic rings. The van der Waals surface area contributed by atoms with Crippen LogP contribution in [0.15, 0.2) is 83.6 Å². The van der Waals surface area contributed by atoms with Crippen molar-refractivity contribution in [3.8, 4) is 0 Å². The van der Waals surface area contributed by atoms with Gasteiger partial charge in [0.15, 0.2) is 0 Å². The summed E-state index contributed by atoms with van der Waals surface area (Å²) in [7, 11) is 0. The molecule has 160 valence electrons. The first-order valence-corrected chi connectivity index (χ1v) is 11.3. The molecule has 0 unspecified atom stereocenters. The first-order valence-electron chi connectivity index (χ1n) is 10.6. The Morgan fingerprint density at radius 1 is 0.875 bits per heavy atom. The Bertz CT molecular complexity index is 1390. The van der Waals surface area contributed by atoms with Gasteiger partial charge >= 0.3 is 0 Å². The highest BCUT2D eigenvalue weighted by atomic mass is 79.9. The lowest BCUT2D eigenvalue weighted by Gasteiger charge is -2.16. The fourth-order valence-corrected chi connectivity index (χ4v) is 4.50. The molecule has 4 N–H and O–H groups in total. The summed E-state index contributed by atoms with van der Waals surface area (Å²) >= 11 is 3.69. The van der Waals surface area contributed by atoms with E-state index < -0.39 is 0 Å². The zero-order valence-electron chi connectivity index (χ0n) is 17.4. The predicted octanol–water partition coefficient (Wildman–Crippen LogP) is 6.37. The Labute approximate surface area is 194 Å². The van der Waals surface area contributed by atoms with E-state index in [1.54, 1.807) is 6.20 Å². The summed E-state index contributed by atoms with van der Waals surface area (Å²) in [4.78, 5) is 7.75. The molecule has 0 fully saturated rings. The Hall–Kier alpha value is -3.35. The predicted molar refractivity (Wildman–Crippen MR) is 136 cm³/mol. The number of aromatic nitrogens is 2. The average Bonchev–Trinajstić information content (AvgIpc) is 3.24. The highest BCUT2D eigenvalue weighted by Crippen LogP contribution is 2.33. The maximum Gasteiger partial charge on any atom is 0.0722 e. The van der Waals surface area contributed by atoms with E-state index in [-0.39, 0.29) is 6.61 Å². The van der Waals surface area contributed by atoms with Crippen LogP contribution in [0.25, 0.3) is 21.8 Å². The zero-order valence-corrected chi connectivity index (χ0v) is 19.0. The number of benzene rings is 3. The zero-order chi connectivity index (χ0) is 21.9. The van der Waals surface area contributed by atoms with Gasteiger partial charge in [-0.25, -0.2) is 0 Å². The average molecular weight is 487 g/mol. The highest BCUT2D eigenvalue weighted by Gasteiger charge is 2.11. The van der Waals surface area contributed by atoms with Crippen molar-refractivity contribution in [2.75, 3.05) is 17.2 Å². The number of para-hydroxylation sites is 2. The molecule has 5 nitrogen and oxygen atoms in total. The number of nitrogens with zero attached hydrogens (tertiary/aromatic N) is 1. The van der Waals surface area contributed by atoms with Crippen molar-refractivity contribution in [3.63, 3.8) is 0 Å². The third kappa shape index (κ3) is 4.07. The number of fused-ring (bicyclic) bond motifs is 2. The number of rotatable bonds is 7. The number of halogens is 1. The molecule has 2 aromatic heterocycles. The molecule has 0 aliphatic carbocycles. The van der Waals surface area contributed by atoms with Gasteiger partial charge in [-0.15, -0.1) is 0 Å². The molecule has 32 heavy (non-hydrogen) atoms. The van der Waals surface area contributed by atoms with Gasteiger partial charge in [0.05, 0.1) is 12.1 Å². The van der Waals surface area contributed by atoms with Crippen LogP contribution in [0.3, 0.4) is 0 Å². The van der Waals surface area contributed by atoms with Gasteiger partial charge in [0, 0.05) is 62.3 Å². The Balaban J connectivity index is 1.35. The molecule has 0 radical (unpaired) electrons. The van der Waals surface area contributed by atoms with Gasteiger partial charge in [-0.3, -0.25) is 4.98 Å². The quantitative estimate of drug-likeness (QED) is 0.215. The highest BCUT2D eigenvalue weighted by molar-refractivity contribution is 9.10. The number of nitrogens with one attached hydrogen (secondary N) is 3. The summed E-state index contributed by atoms with van der Waals surface area (Å²) in [6.45, 7) is 0.725. The maximum absolute atomic E-state index is 10.0. The number of aliphatic hydroxyl groups is 1. The number of aliphatic hydroxyl groups excluding tert-OH is 1. The minimum absolute atomic E-state index is 0.0598. The summed E-state index contributed by atoms with van der Waals surface area (Å²) < 4.78 is 0.939. The van der Waals surface area contributed by atoms with Gasteiger partial charge in [0.2, 0.25) is 0 Å². The fourth-order valence-electron chi connectivity index (χ4n) is 4.02. The second kappa shape index (κ2) is 9.02. The largest absolute Gasteiger partial charge is 0.392 e. The summed E-state index contributed by atoms with van der Waals surface area (Å²) in [5.41, 5.74) is 6.97. The number of hydrogen-bond acceptors (Lipinski definition) is 4. The molecule has 0 aliphatic rings. The second-order valence-corrected chi connectivity index (χ2v) is 8.54. The molecule has 0 saturated carbocycles. The van der Waals surface area contributed by atoms with Crippen LogP contribution in [0.2, 0.25) is 0 Å². The molecule has 0 atom stereocenters. The lowest BCUT2D eigenvalue weighted by atomic mass is 10.1. The number of H-pyrrole nitrogens is 1. The molecule has 0 amide bonds. The lowest BCUT2D eigenvalue weighted by molar-refractivity contribution is 0.282. The molecule has 2 heterocycles.